The fourth-order valence-electron chi connectivity index (χ4n) is 0.461. The van der Waals surface area contributed by atoms with Crippen molar-refractivity contribution in [3.05, 3.63) is 24.5 Å². The van der Waals surface area contributed by atoms with Crippen molar-refractivity contribution in [1.82, 2.24) is 0 Å². The molecule has 0 saturated heterocycles. The molecule has 0 unspecified atom stereocenters. The van der Waals surface area contributed by atoms with E-state index in [2.05, 4.69) is 15.3 Å². The van der Waals surface area contributed by atoms with Gasteiger partial charge in [0.15, 0.2) is 0 Å². The molecule has 0 N–H and O–H groups in total. The van der Waals surface area contributed by atoms with Gasteiger partial charge in [-0.25, -0.2) is 0 Å². The van der Waals surface area contributed by atoms with Crippen molar-refractivity contribution in [1.29, 1.82) is 0 Å². The minimum absolute atomic E-state index is 1.05. The molecule has 0 bridgehead atoms. The first-order valence-corrected chi connectivity index (χ1v) is 5.18. The third-order valence-corrected chi connectivity index (χ3v) is 2.45. The molecule has 0 aromatic carbocycles. The van der Waals surface area contributed by atoms with E-state index in [1.807, 2.05) is 6.08 Å². The molecule has 0 aromatic heterocycles. The molecule has 1 heterocycles. The summed E-state index contributed by atoms with van der Waals surface area (Å²) in [7, 11) is 1.64. The Bertz CT molecular complexity index is 118. The van der Waals surface area contributed by atoms with Crippen LogP contribution in [-0.2, 0) is 9.22 Å². The lowest BCUT2D eigenvalue weighted by Crippen LogP contribution is -1.77. The number of rotatable bonds is 0. The van der Waals surface area contributed by atoms with Crippen molar-refractivity contribution in [2.24, 2.45) is 0 Å². The number of hydrogen-bond donors (Lipinski definition) is 0. The van der Waals surface area contributed by atoms with E-state index in [0.717, 1.165) is 12.2 Å². The monoisotopic (exact) mass is 176 g/mol. The van der Waals surface area contributed by atoms with Crippen molar-refractivity contribution in [2.75, 3.05) is 5.75 Å². The molecule has 10 heavy (non-hydrogen) atoms. The van der Waals surface area contributed by atoms with E-state index in [1.165, 1.54) is 17.3 Å². The number of allylic oxidation sites excluding steroid dienone is 3. The minimum atomic E-state index is 1.05. The maximum absolute atomic E-state index is 4.67. The molecule has 1 aliphatic heterocycles. The fraction of sp³-hybridized carbons (Fsp3) is 0.333. The first-order valence-electron chi connectivity index (χ1n) is 2.93. The summed E-state index contributed by atoms with van der Waals surface area (Å²) in [5.74, 6) is 1.05. The molecule has 2 nitrogen and oxygen atoms in total. The zero-order valence-corrected chi connectivity index (χ0v) is 6.99. The van der Waals surface area contributed by atoms with Crippen LogP contribution in [0.5, 0.6) is 0 Å². The molecule has 0 fully saturated rings. The van der Waals surface area contributed by atoms with Crippen LogP contribution in [0.1, 0.15) is 6.42 Å². The largest absolute Gasteiger partial charge is 0.332 e. The Morgan fingerprint density at radius 2 is 2.30 bits per heavy atom. The van der Waals surface area contributed by atoms with Crippen LogP contribution in [-0.4, -0.2) is 5.75 Å². The van der Waals surface area contributed by atoms with Crippen LogP contribution in [0.3, 0.4) is 0 Å². The minimum Gasteiger partial charge on any atom is -0.332 e. The molecule has 0 aliphatic carbocycles. The molecular weight excluding hydrogens is 168 g/mol. The second-order valence-corrected chi connectivity index (χ2v) is 3.63. The smallest absolute Gasteiger partial charge is 0.130 e. The van der Waals surface area contributed by atoms with E-state index in [0.29, 0.717) is 0 Å². The van der Waals surface area contributed by atoms with Crippen LogP contribution in [0, 0.1) is 0 Å². The van der Waals surface area contributed by atoms with Gasteiger partial charge >= 0.3 is 0 Å². The van der Waals surface area contributed by atoms with E-state index in [9.17, 15) is 0 Å². The Morgan fingerprint density at radius 1 is 1.30 bits per heavy atom. The predicted octanol–water partition coefficient (Wildman–Crippen LogP) is 2.70. The summed E-state index contributed by atoms with van der Waals surface area (Å²) in [6.45, 7) is 0. The van der Waals surface area contributed by atoms with Crippen molar-refractivity contribution >= 4 is 21.9 Å². The quantitative estimate of drug-likeness (QED) is 0.321. The average Bonchev–Trinajstić information content (AvgIpc) is 2.01. The van der Waals surface area contributed by atoms with Crippen molar-refractivity contribution in [3.63, 3.8) is 0 Å². The lowest BCUT2D eigenvalue weighted by Gasteiger charge is -1.97. The fourth-order valence-corrected chi connectivity index (χ4v) is 1.58. The summed E-state index contributed by atoms with van der Waals surface area (Å²) in [4.78, 5) is 4.62. The second kappa shape index (κ2) is 5.70. The van der Waals surface area contributed by atoms with Crippen LogP contribution in [0.15, 0.2) is 24.5 Å². The zero-order chi connectivity index (χ0) is 7.07. The Balaban J connectivity index is 2.26. The summed E-state index contributed by atoms with van der Waals surface area (Å²) in [5.41, 5.74) is 0. The van der Waals surface area contributed by atoms with Gasteiger partial charge in [-0.15, -0.1) is 4.33 Å². The van der Waals surface area contributed by atoms with Gasteiger partial charge in [0.2, 0.25) is 0 Å². The summed E-state index contributed by atoms with van der Waals surface area (Å²) in [6.07, 6.45) is 8.43. The van der Waals surface area contributed by atoms with Crippen LogP contribution in [0.25, 0.3) is 0 Å². The highest BCUT2D eigenvalue weighted by molar-refractivity contribution is 8.74. The molecule has 0 atom stereocenters. The van der Waals surface area contributed by atoms with Crippen LogP contribution < -0.4 is 0 Å². The Morgan fingerprint density at radius 3 is 3.30 bits per heavy atom. The average molecular weight is 176 g/mol. The number of hydrogen-bond acceptors (Lipinski definition) is 4. The zero-order valence-electron chi connectivity index (χ0n) is 5.36. The first kappa shape index (κ1) is 8.04. The van der Waals surface area contributed by atoms with Gasteiger partial charge in [0.1, 0.15) is 17.3 Å². The highest BCUT2D eigenvalue weighted by Crippen LogP contribution is 2.23. The summed E-state index contributed by atoms with van der Waals surface area (Å²) < 4.78 is 4.67. The lowest BCUT2D eigenvalue weighted by atomic mass is 10.4. The van der Waals surface area contributed by atoms with Gasteiger partial charge in [-0.1, -0.05) is 22.9 Å². The van der Waals surface area contributed by atoms with Gasteiger partial charge in [-0.3, -0.25) is 0 Å². The predicted molar refractivity (Wildman–Crippen MR) is 45.1 cm³/mol. The third-order valence-electron chi connectivity index (χ3n) is 0.864. The highest BCUT2D eigenvalue weighted by atomic mass is 33.1. The van der Waals surface area contributed by atoms with Gasteiger partial charge in [-0.05, 0) is 12.5 Å². The maximum atomic E-state index is 4.67. The first-order chi connectivity index (χ1) is 5.00. The SMILES string of the molecule is C1=CCCSSOOC=C1. The van der Waals surface area contributed by atoms with E-state index in [-0.39, 0.29) is 0 Å². The molecule has 0 amide bonds. The molecule has 0 aromatic rings. The van der Waals surface area contributed by atoms with Crippen molar-refractivity contribution < 1.29 is 9.22 Å². The standard InChI is InChI=1S/C6H8O2S2/c1-2-4-6-9-10-8-7-5-3-1/h1-3,5H,4,6H2. The molecule has 0 saturated carbocycles. The molecule has 1 aliphatic rings. The highest BCUT2D eigenvalue weighted by Gasteiger charge is 1.90. The molecule has 0 radical (unpaired) electrons. The Kier molecular flexibility index (Phi) is 4.59. The van der Waals surface area contributed by atoms with E-state index < -0.39 is 0 Å². The van der Waals surface area contributed by atoms with Gasteiger partial charge in [0, 0.05) is 5.75 Å². The van der Waals surface area contributed by atoms with E-state index >= 15 is 0 Å². The van der Waals surface area contributed by atoms with E-state index in [4.69, 9.17) is 0 Å². The topological polar surface area (TPSA) is 18.5 Å². The second-order valence-electron chi connectivity index (χ2n) is 1.60. The normalized spacial score (nSPS) is 20.0. The van der Waals surface area contributed by atoms with Crippen molar-refractivity contribution in [2.45, 2.75) is 6.42 Å². The van der Waals surface area contributed by atoms with Crippen molar-refractivity contribution in [3.8, 4) is 0 Å². The molecule has 4 heteroatoms. The lowest BCUT2D eigenvalue weighted by molar-refractivity contribution is -0.127. The van der Waals surface area contributed by atoms with Crippen LogP contribution >= 0.6 is 21.9 Å². The van der Waals surface area contributed by atoms with Crippen LogP contribution in [0.4, 0.5) is 0 Å². The Labute approximate surface area is 68.2 Å². The molecular formula is C6H8O2S2. The maximum Gasteiger partial charge on any atom is 0.130 e. The van der Waals surface area contributed by atoms with E-state index in [1.54, 1.807) is 16.9 Å². The Hall–Kier alpha value is -0.0600. The molecule has 1 rings (SSSR count). The summed E-state index contributed by atoms with van der Waals surface area (Å²) in [5, 5.41) is 0. The molecule has 0 spiro atoms. The summed E-state index contributed by atoms with van der Waals surface area (Å²) in [6, 6.07) is 0. The third kappa shape index (κ3) is 3.87. The van der Waals surface area contributed by atoms with Gasteiger partial charge in [-0.2, -0.15) is 0 Å². The van der Waals surface area contributed by atoms with Crippen LogP contribution in [0.2, 0.25) is 0 Å². The summed E-state index contributed by atoms with van der Waals surface area (Å²) >= 11 is 1.26. The van der Waals surface area contributed by atoms with Gasteiger partial charge in [0.25, 0.3) is 0 Å². The van der Waals surface area contributed by atoms with Gasteiger partial charge in [0.05, 0.1) is 0 Å². The van der Waals surface area contributed by atoms with Gasteiger partial charge < -0.3 is 4.89 Å². The molecule has 56 valence electrons.